The molecule has 0 saturated carbocycles. The van der Waals surface area contributed by atoms with Crippen molar-refractivity contribution in [1.82, 2.24) is 4.90 Å². The van der Waals surface area contributed by atoms with Crippen molar-refractivity contribution in [2.24, 2.45) is 5.73 Å². The minimum Gasteiger partial charge on any atom is -0.325 e. The number of rotatable bonds is 2. The first-order chi connectivity index (χ1) is 7.20. The van der Waals surface area contributed by atoms with Crippen molar-refractivity contribution in [3.63, 3.8) is 0 Å². The lowest BCUT2D eigenvalue weighted by molar-refractivity contribution is 0.121. The summed E-state index contributed by atoms with van der Waals surface area (Å²) >= 11 is 5.79. The summed E-state index contributed by atoms with van der Waals surface area (Å²) in [6.07, 6.45) is 0. The molecule has 1 aromatic rings. The maximum Gasteiger partial charge on any atom is 0.123 e. The zero-order chi connectivity index (χ0) is 10.8. The number of hydrogen-bond acceptors (Lipinski definition) is 3. The molecule has 1 atom stereocenters. The molecule has 78 valence electrons. The van der Waals surface area contributed by atoms with E-state index in [0.717, 1.165) is 18.7 Å². The number of halogens is 1. The Morgan fingerprint density at radius 2 is 2.00 bits per heavy atom. The van der Waals surface area contributed by atoms with Gasteiger partial charge in [-0.15, -0.1) is 0 Å². The number of hydrogen-bond donors (Lipinski definition) is 1. The van der Waals surface area contributed by atoms with Crippen molar-refractivity contribution in [2.75, 3.05) is 13.1 Å². The predicted octanol–water partition coefficient (Wildman–Crippen LogP) is 1.55. The van der Waals surface area contributed by atoms with Crippen LogP contribution in [0.15, 0.2) is 24.3 Å². The van der Waals surface area contributed by atoms with E-state index in [0.29, 0.717) is 5.02 Å². The van der Waals surface area contributed by atoms with Crippen LogP contribution in [0.25, 0.3) is 0 Å². The van der Waals surface area contributed by atoms with E-state index in [1.54, 1.807) is 12.1 Å². The van der Waals surface area contributed by atoms with E-state index in [1.807, 2.05) is 12.1 Å². The fourth-order valence-corrected chi connectivity index (χ4v) is 1.90. The monoisotopic (exact) mass is 221 g/mol. The highest BCUT2D eigenvalue weighted by Gasteiger charge is 2.30. The van der Waals surface area contributed by atoms with Crippen LogP contribution in [-0.2, 0) is 0 Å². The van der Waals surface area contributed by atoms with E-state index in [9.17, 15) is 0 Å². The third kappa shape index (κ3) is 2.13. The lowest BCUT2D eigenvalue weighted by Crippen LogP contribution is -2.56. The molecule has 1 aliphatic rings. The molecule has 0 spiro atoms. The molecule has 1 unspecified atom stereocenters. The van der Waals surface area contributed by atoms with Crippen molar-refractivity contribution in [3.8, 4) is 6.07 Å². The zero-order valence-corrected chi connectivity index (χ0v) is 8.98. The maximum atomic E-state index is 9.10. The van der Waals surface area contributed by atoms with Gasteiger partial charge in [-0.2, -0.15) is 5.26 Å². The third-order valence-electron chi connectivity index (χ3n) is 2.61. The van der Waals surface area contributed by atoms with E-state index < -0.39 is 0 Å². The summed E-state index contributed by atoms with van der Waals surface area (Å²) in [5.74, 6) is 0. The Kier molecular flexibility index (Phi) is 2.92. The van der Waals surface area contributed by atoms with Gasteiger partial charge in [0.1, 0.15) is 6.04 Å². The summed E-state index contributed by atoms with van der Waals surface area (Å²) in [5.41, 5.74) is 6.67. The lowest BCUT2D eigenvalue weighted by Gasteiger charge is -2.39. The van der Waals surface area contributed by atoms with E-state index in [4.69, 9.17) is 22.6 Å². The minimum absolute atomic E-state index is 0.193. The first kappa shape index (κ1) is 10.4. The normalized spacial score (nSPS) is 19.3. The summed E-state index contributed by atoms with van der Waals surface area (Å²) in [4.78, 5) is 2.06. The standard InChI is InChI=1S/C11H12ClN3/c12-9-3-1-8(2-4-9)11(5-13)15-6-10(14)7-15/h1-4,10-11H,6-7,14H2. The smallest absolute Gasteiger partial charge is 0.123 e. The van der Waals surface area contributed by atoms with Crippen LogP contribution in [0.3, 0.4) is 0 Å². The molecule has 1 fully saturated rings. The Labute approximate surface area is 94.0 Å². The van der Waals surface area contributed by atoms with Crippen molar-refractivity contribution in [2.45, 2.75) is 12.1 Å². The minimum atomic E-state index is -0.193. The second-order valence-electron chi connectivity index (χ2n) is 3.80. The molecule has 15 heavy (non-hydrogen) atoms. The van der Waals surface area contributed by atoms with E-state index >= 15 is 0 Å². The van der Waals surface area contributed by atoms with E-state index in [1.165, 1.54) is 0 Å². The SMILES string of the molecule is N#CC(c1ccc(Cl)cc1)N1CC(N)C1. The van der Waals surface area contributed by atoms with Crippen LogP contribution in [0.4, 0.5) is 0 Å². The van der Waals surface area contributed by atoms with Crippen LogP contribution in [-0.4, -0.2) is 24.0 Å². The third-order valence-corrected chi connectivity index (χ3v) is 2.86. The summed E-state index contributed by atoms with van der Waals surface area (Å²) < 4.78 is 0. The van der Waals surface area contributed by atoms with Crippen LogP contribution < -0.4 is 5.73 Å². The van der Waals surface area contributed by atoms with Crippen molar-refractivity contribution >= 4 is 11.6 Å². The zero-order valence-electron chi connectivity index (χ0n) is 8.23. The number of nitriles is 1. The largest absolute Gasteiger partial charge is 0.325 e. The average Bonchev–Trinajstić information content (AvgIpc) is 2.19. The highest BCUT2D eigenvalue weighted by molar-refractivity contribution is 6.30. The van der Waals surface area contributed by atoms with Gasteiger partial charge in [0.15, 0.2) is 0 Å². The molecule has 0 bridgehead atoms. The Bertz CT molecular complexity index is 376. The molecule has 1 aliphatic heterocycles. The molecule has 2 N–H and O–H groups in total. The molecule has 2 rings (SSSR count). The molecular formula is C11H12ClN3. The predicted molar refractivity (Wildman–Crippen MR) is 59.4 cm³/mol. The Hall–Kier alpha value is -1.08. The quantitative estimate of drug-likeness (QED) is 0.825. The summed E-state index contributed by atoms with van der Waals surface area (Å²) in [6, 6.07) is 9.70. The maximum absolute atomic E-state index is 9.10. The molecule has 1 saturated heterocycles. The highest BCUT2D eigenvalue weighted by atomic mass is 35.5. The topological polar surface area (TPSA) is 53.0 Å². The van der Waals surface area contributed by atoms with Crippen LogP contribution in [0.5, 0.6) is 0 Å². The molecule has 1 aromatic carbocycles. The van der Waals surface area contributed by atoms with E-state index in [-0.39, 0.29) is 12.1 Å². The van der Waals surface area contributed by atoms with Gasteiger partial charge in [0, 0.05) is 24.2 Å². The second kappa shape index (κ2) is 4.19. The summed E-state index contributed by atoms with van der Waals surface area (Å²) in [7, 11) is 0. The number of benzene rings is 1. The average molecular weight is 222 g/mol. The van der Waals surface area contributed by atoms with Gasteiger partial charge >= 0.3 is 0 Å². The van der Waals surface area contributed by atoms with Crippen molar-refractivity contribution < 1.29 is 0 Å². The molecule has 0 aromatic heterocycles. The first-order valence-electron chi connectivity index (χ1n) is 4.85. The fraction of sp³-hybridized carbons (Fsp3) is 0.364. The summed E-state index contributed by atoms with van der Waals surface area (Å²) in [6.45, 7) is 1.59. The van der Waals surface area contributed by atoms with Gasteiger partial charge in [-0.1, -0.05) is 23.7 Å². The molecule has 4 heteroatoms. The van der Waals surface area contributed by atoms with Gasteiger partial charge in [-0.3, -0.25) is 4.90 Å². The van der Waals surface area contributed by atoms with Crippen molar-refractivity contribution in [1.29, 1.82) is 5.26 Å². The van der Waals surface area contributed by atoms with Gasteiger partial charge in [-0.25, -0.2) is 0 Å². The van der Waals surface area contributed by atoms with Crippen LogP contribution in [0, 0.1) is 11.3 Å². The molecule has 1 heterocycles. The number of likely N-dealkylation sites (tertiary alicyclic amines) is 1. The first-order valence-corrected chi connectivity index (χ1v) is 5.23. The molecule has 0 aliphatic carbocycles. The van der Waals surface area contributed by atoms with Gasteiger partial charge in [-0.05, 0) is 17.7 Å². The Balaban J connectivity index is 2.14. The lowest BCUT2D eigenvalue weighted by atomic mass is 10.0. The van der Waals surface area contributed by atoms with Crippen molar-refractivity contribution in [3.05, 3.63) is 34.9 Å². The highest BCUT2D eigenvalue weighted by Crippen LogP contribution is 2.25. The number of nitrogens with two attached hydrogens (primary N) is 1. The molecule has 0 radical (unpaired) electrons. The summed E-state index contributed by atoms with van der Waals surface area (Å²) in [5, 5.41) is 9.80. The van der Waals surface area contributed by atoms with Crippen LogP contribution >= 0.6 is 11.6 Å². The molecule has 0 amide bonds. The van der Waals surface area contributed by atoms with E-state index in [2.05, 4.69) is 11.0 Å². The van der Waals surface area contributed by atoms with Gasteiger partial charge < -0.3 is 5.73 Å². The Morgan fingerprint density at radius 3 is 2.47 bits per heavy atom. The van der Waals surface area contributed by atoms with Crippen LogP contribution in [0.2, 0.25) is 5.02 Å². The van der Waals surface area contributed by atoms with Gasteiger partial charge in [0.2, 0.25) is 0 Å². The fourth-order valence-electron chi connectivity index (χ4n) is 1.77. The number of nitrogens with zero attached hydrogens (tertiary/aromatic N) is 2. The second-order valence-corrected chi connectivity index (χ2v) is 4.23. The molecular weight excluding hydrogens is 210 g/mol. The van der Waals surface area contributed by atoms with Gasteiger partial charge in [0.25, 0.3) is 0 Å². The Morgan fingerprint density at radius 1 is 1.40 bits per heavy atom. The van der Waals surface area contributed by atoms with Crippen LogP contribution in [0.1, 0.15) is 11.6 Å². The molecule has 3 nitrogen and oxygen atoms in total. The van der Waals surface area contributed by atoms with Gasteiger partial charge in [0.05, 0.1) is 6.07 Å².